The zero-order valence-electron chi connectivity index (χ0n) is 65.1. The molecule has 25 rings (SSSR count). The highest BCUT2D eigenvalue weighted by Crippen LogP contribution is 2.66. The fraction of sp³-hybridized carbons (Fsp3) is 0.0265. The van der Waals surface area contributed by atoms with E-state index >= 15 is 0 Å². The second-order valence-electron chi connectivity index (χ2n) is 32.1. The Morgan fingerprint density at radius 3 is 1.38 bits per heavy atom. The first-order valence-corrected chi connectivity index (χ1v) is 42.7. The Morgan fingerprint density at radius 1 is 0.242 bits per heavy atom. The molecular formula is C113H70N2O3S2. The second kappa shape index (κ2) is 26.6. The number of rotatable bonds is 11. The standard InChI is InChI=1S/C113H70N2O3S2/c1-69-111(91-26-7-18-37-109(91)119-69)71-42-50-83(51-43-71)114(82-48-40-70(41-49-82)74-47-57-110-93(63-74)90-25-6-17-36-108(90)120-110)85-52-55-89-88-54-45-76(66-100(88)113(101(89)68-85)97-30-11-15-34-106(97)118-107-35-16-12-31-98(107)113)73-38-39-77-67-102(92(64-80(77)60-73)78-46-56-103-79(61-78)58-59-116-103)115(81-21-3-2-4-22-81)84-23-19-20-72(62-84)75-44-53-87-86-24-5-8-27-94(86)112(99(87)65-75)95-28-9-13-32-104(95)117-105-33-14-10-29-96(105)112/h2-68H,1H3. The topological polar surface area (TPSA) is 38.1 Å². The van der Waals surface area contributed by atoms with E-state index in [1.807, 2.05) is 22.7 Å². The molecule has 5 nitrogen and oxygen atoms in total. The Balaban J connectivity index is 0.632. The summed E-state index contributed by atoms with van der Waals surface area (Å²) < 4.78 is 23.8. The Labute approximate surface area is 702 Å². The van der Waals surface area contributed by atoms with Crippen LogP contribution < -0.4 is 19.3 Å². The van der Waals surface area contributed by atoms with E-state index in [1.54, 1.807) is 6.26 Å². The van der Waals surface area contributed by atoms with Crippen LogP contribution in [0.15, 0.2) is 411 Å². The number of ether oxygens (including phenoxy) is 2. The lowest BCUT2D eigenvalue weighted by Gasteiger charge is -2.40. The third-order valence-electron chi connectivity index (χ3n) is 25.8. The summed E-state index contributed by atoms with van der Waals surface area (Å²) in [5, 5.41) is 7.14. The predicted octanol–water partition coefficient (Wildman–Crippen LogP) is 31.7. The molecule has 0 N–H and O–H groups in total. The van der Waals surface area contributed by atoms with Crippen LogP contribution in [0.2, 0.25) is 0 Å². The Bertz CT molecular complexity index is 7750. The van der Waals surface area contributed by atoms with Crippen molar-refractivity contribution in [2.24, 2.45) is 0 Å². The summed E-state index contributed by atoms with van der Waals surface area (Å²) in [6, 6.07) is 149. The van der Waals surface area contributed by atoms with Gasteiger partial charge in [-0.2, -0.15) is 0 Å². The number of anilines is 6. The molecule has 120 heavy (non-hydrogen) atoms. The fourth-order valence-electron chi connectivity index (χ4n) is 20.5. The number of furan rings is 1. The van der Waals surface area contributed by atoms with Crippen LogP contribution in [0.25, 0.3) is 130 Å². The van der Waals surface area contributed by atoms with Crippen molar-refractivity contribution in [3.05, 3.63) is 456 Å². The lowest BCUT2D eigenvalue weighted by molar-refractivity contribution is 0.436. The van der Waals surface area contributed by atoms with E-state index < -0.39 is 10.8 Å². The van der Waals surface area contributed by atoms with Gasteiger partial charge < -0.3 is 23.7 Å². The van der Waals surface area contributed by atoms with Gasteiger partial charge >= 0.3 is 0 Å². The molecule has 2 spiro atoms. The summed E-state index contributed by atoms with van der Waals surface area (Å²) in [6.45, 7) is 2.25. The van der Waals surface area contributed by atoms with Crippen molar-refractivity contribution in [3.63, 3.8) is 0 Å². The molecule has 0 unspecified atom stereocenters. The van der Waals surface area contributed by atoms with E-state index in [2.05, 4.69) is 417 Å². The Hall–Kier alpha value is -14.9. The number of hydrogen-bond acceptors (Lipinski definition) is 7. The van der Waals surface area contributed by atoms with Crippen molar-refractivity contribution in [1.29, 1.82) is 0 Å². The largest absolute Gasteiger partial charge is 0.464 e. The molecule has 5 heterocycles. The van der Waals surface area contributed by atoms with Gasteiger partial charge in [0.2, 0.25) is 0 Å². The highest BCUT2D eigenvalue weighted by Gasteiger charge is 2.53. The maximum Gasteiger partial charge on any atom is 0.133 e. The number of nitrogens with zero attached hydrogens (tertiary/aromatic N) is 2. The SMILES string of the molecule is Cc1sc2ccccc2c1-c1ccc(N(c2ccc(-c3ccc4sc5ccccc5c4c3)cc2)c2ccc3c(c2)C2(c4ccccc4Oc4ccccc42)c2cc(-c4ccc5cc(N(c6ccccc6)c6cccc(-c7ccc8c(c7)C7(c9ccccc9Oc9ccccc97)c7ccccc7-8)c6)c(-c6ccc7occc7c6)cc5c4)ccc2-3)cc1. The van der Waals surface area contributed by atoms with E-state index in [-0.39, 0.29) is 0 Å². The zero-order chi connectivity index (χ0) is 78.9. The van der Waals surface area contributed by atoms with Crippen LogP contribution in [-0.2, 0) is 10.8 Å². The monoisotopic (exact) mass is 1570 g/mol. The van der Waals surface area contributed by atoms with E-state index in [4.69, 9.17) is 13.9 Å². The van der Waals surface area contributed by atoms with Crippen LogP contribution in [-0.4, -0.2) is 0 Å². The number of para-hydroxylation sites is 5. The Morgan fingerprint density at radius 2 is 0.700 bits per heavy atom. The minimum Gasteiger partial charge on any atom is -0.464 e. The number of fused-ring (bicyclic) bond motifs is 24. The van der Waals surface area contributed by atoms with Crippen molar-refractivity contribution in [2.45, 2.75) is 17.8 Å². The first-order chi connectivity index (χ1) is 59.3. The number of aryl methyl sites for hydroxylation is 1. The van der Waals surface area contributed by atoms with Gasteiger partial charge in [-0.3, -0.25) is 0 Å². The summed E-state index contributed by atoms with van der Waals surface area (Å²) in [6.07, 6.45) is 1.79. The summed E-state index contributed by atoms with van der Waals surface area (Å²) >= 11 is 3.72. The molecule has 0 saturated carbocycles. The zero-order valence-corrected chi connectivity index (χ0v) is 66.8. The van der Waals surface area contributed by atoms with Crippen molar-refractivity contribution < 1.29 is 13.9 Å². The maximum atomic E-state index is 7.06. The minimum absolute atomic E-state index is 0.604. The molecule has 2 aliphatic carbocycles. The number of benzene rings is 18. The summed E-state index contributed by atoms with van der Waals surface area (Å²) in [7, 11) is 0. The molecule has 0 bridgehead atoms. The van der Waals surface area contributed by atoms with Crippen molar-refractivity contribution in [2.75, 3.05) is 9.80 Å². The average Bonchev–Trinajstić information content (AvgIpc) is 1.51. The fourth-order valence-corrected chi connectivity index (χ4v) is 22.7. The van der Waals surface area contributed by atoms with E-state index in [1.165, 1.54) is 102 Å². The molecule has 2 aliphatic heterocycles. The van der Waals surface area contributed by atoms with Gasteiger partial charge in [0.1, 0.15) is 28.6 Å². The van der Waals surface area contributed by atoms with Crippen LogP contribution in [0.5, 0.6) is 23.0 Å². The highest BCUT2D eigenvalue weighted by atomic mass is 32.1. The highest BCUT2D eigenvalue weighted by molar-refractivity contribution is 7.25. The van der Waals surface area contributed by atoms with Gasteiger partial charge in [0, 0.05) is 102 Å². The molecule has 21 aromatic rings. The van der Waals surface area contributed by atoms with Crippen LogP contribution >= 0.6 is 22.7 Å². The lowest BCUT2D eigenvalue weighted by atomic mass is 9.66. The smallest absolute Gasteiger partial charge is 0.133 e. The summed E-state index contributed by atoms with van der Waals surface area (Å²) in [4.78, 5) is 6.21. The van der Waals surface area contributed by atoms with E-state index in [0.717, 1.165) is 134 Å². The predicted molar refractivity (Wildman–Crippen MR) is 498 cm³/mol. The first-order valence-electron chi connectivity index (χ1n) is 41.0. The van der Waals surface area contributed by atoms with Crippen molar-refractivity contribution in [3.8, 4) is 101 Å². The number of thiophene rings is 2. The normalized spacial score (nSPS) is 13.3. The quantitative estimate of drug-likeness (QED) is 0.129. The van der Waals surface area contributed by atoms with Gasteiger partial charge in [-0.1, -0.05) is 243 Å². The van der Waals surface area contributed by atoms with E-state index in [0.29, 0.717) is 0 Å². The minimum atomic E-state index is -0.801. The molecular weight excluding hydrogens is 1500 g/mol. The third-order valence-corrected chi connectivity index (χ3v) is 28.0. The summed E-state index contributed by atoms with van der Waals surface area (Å²) in [5.74, 6) is 3.44. The molecule has 3 aromatic heterocycles. The first kappa shape index (κ1) is 68.4. The van der Waals surface area contributed by atoms with Gasteiger partial charge in [-0.05, 0) is 264 Å². The van der Waals surface area contributed by atoms with Gasteiger partial charge in [0.05, 0.1) is 22.8 Å². The molecule has 0 atom stereocenters. The van der Waals surface area contributed by atoms with Crippen LogP contribution in [0.3, 0.4) is 0 Å². The Kier molecular flexibility index (Phi) is 15.1. The maximum absolute atomic E-state index is 7.06. The molecule has 4 aliphatic rings. The molecule has 0 amide bonds. The average molecular weight is 1570 g/mol. The molecule has 0 fully saturated rings. The van der Waals surface area contributed by atoms with Gasteiger partial charge in [0.15, 0.2) is 0 Å². The van der Waals surface area contributed by atoms with Gasteiger partial charge in [-0.15, -0.1) is 22.7 Å². The van der Waals surface area contributed by atoms with Gasteiger partial charge in [-0.25, -0.2) is 0 Å². The number of hydrogen-bond donors (Lipinski definition) is 0. The molecule has 7 heteroatoms. The second-order valence-corrected chi connectivity index (χ2v) is 34.4. The van der Waals surface area contributed by atoms with Crippen LogP contribution in [0.4, 0.5) is 34.1 Å². The van der Waals surface area contributed by atoms with Crippen molar-refractivity contribution in [1.82, 2.24) is 0 Å². The van der Waals surface area contributed by atoms with Gasteiger partial charge in [0.25, 0.3) is 0 Å². The summed E-state index contributed by atoms with van der Waals surface area (Å²) in [5.41, 5.74) is 31.4. The van der Waals surface area contributed by atoms with Crippen LogP contribution in [0.1, 0.15) is 49.4 Å². The van der Waals surface area contributed by atoms with Crippen molar-refractivity contribution >= 4 is 109 Å². The molecule has 0 radical (unpaired) electrons. The lowest BCUT2D eigenvalue weighted by Crippen LogP contribution is -2.32. The molecule has 18 aromatic carbocycles. The van der Waals surface area contributed by atoms with Crippen LogP contribution in [0, 0.1) is 6.92 Å². The van der Waals surface area contributed by atoms with E-state index in [9.17, 15) is 0 Å². The molecule has 562 valence electrons. The third kappa shape index (κ3) is 10.2. The molecule has 0 saturated heterocycles.